The second kappa shape index (κ2) is 6.12. The van der Waals surface area contributed by atoms with E-state index in [1.54, 1.807) is 6.92 Å². The Morgan fingerprint density at radius 1 is 1.22 bits per heavy atom. The second-order valence-electron chi connectivity index (χ2n) is 9.65. The number of nitrogens with zero attached hydrogens (tertiary/aromatic N) is 1. The van der Waals surface area contributed by atoms with E-state index in [2.05, 4.69) is 46.5 Å². The fraction of sp³-hybridized carbons (Fsp3) is 0.778. The molecule has 152 valence electrons. The lowest BCUT2D eigenvalue weighted by atomic mass is 10.0. The molecule has 0 unspecified atom stereocenters. The Kier molecular flexibility index (Phi) is 4.64. The smallest absolute Gasteiger partial charge is 0.349 e. The Bertz CT molecular complexity index is 822. The summed E-state index contributed by atoms with van der Waals surface area (Å²) in [7, 11) is -2.78. The van der Waals surface area contributed by atoms with Crippen LogP contribution >= 0.6 is 0 Å². The Morgan fingerprint density at radius 2 is 1.81 bits per heavy atom. The average molecular weight is 399 g/mol. The Labute approximate surface area is 159 Å². The van der Waals surface area contributed by atoms with Crippen molar-refractivity contribution in [2.24, 2.45) is 0 Å². The van der Waals surface area contributed by atoms with Crippen molar-refractivity contribution in [2.75, 3.05) is 6.61 Å². The van der Waals surface area contributed by atoms with Crippen LogP contribution in [0.15, 0.2) is 21.9 Å². The number of aromatic nitrogens is 2. The summed E-state index contributed by atoms with van der Waals surface area (Å²) in [4.78, 5) is 25.9. The van der Waals surface area contributed by atoms with Gasteiger partial charge in [-0.3, -0.25) is 14.3 Å². The number of H-pyrrole nitrogens is 1. The highest BCUT2D eigenvalue weighted by atomic mass is 28.4. The highest BCUT2D eigenvalue weighted by Crippen LogP contribution is 2.56. The molecule has 4 atom stereocenters. The van der Waals surface area contributed by atoms with Crippen LogP contribution in [0.4, 0.5) is 0 Å². The van der Waals surface area contributed by atoms with Crippen LogP contribution < -0.4 is 11.2 Å². The highest BCUT2D eigenvalue weighted by molar-refractivity contribution is 6.73. The predicted molar refractivity (Wildman–Crippen MR) is 102 cm³/mol. The molecule has 3 heterocycles. The minimum Gasteiger partial charge on any atom is -0.391 e. The first-order valence-electron chi connectivity index (χ1n) is 9.23. The lowest BCUT2D eigenvalue weighted by molar-refractivity contribution is -0.138. The maximum Gasteiger partial charge on any atom is 0.349 e. The summed E-state index contributed by atoms with van der Waals surface area (Å²) in [6.07, 6.45) is -0.880. The minimum absolute atomic E-state index is 0.232. The van der Waals surface area contributed by atoms with Gasteiger partial charge in [0.1, 0.15) is 18.3 Å². The third kappa shape index (κ3) is 2.96. The predicted octanol–water partition coefficient (Wildman–Crippen LogP) is 1.43. The molecule has 0 bridgehead atoms. The molecule has 27 heavy (non-hydrogen) atoms. The number of aliphatic hydroxyl groups excluding tert-OH is 1. The van der Waals surface area contributed by atoms with E-state index in [0.717, 1.165) is 0 Å². The number of fused-ring (bicyclic) bond motifs is 1. The quantitative estimate of drug-likeness (QED) is 0.694. The molecule has 0 aliphatic carbocycles. The molecule has 1 aromatic rings. The van der Waals surface area contributed by atoms with Crippen LogP contribution in [0.5, 0.6) is 0 Å². The van der Waals surface area contributed by atoms with Gasteiger partial charge in [0.15, 0.2) is 5.72 Å². The lowest BCUT2D eigenvalue weighted by Crippen LogP contribution is -2.65. The van der Waals surface area contributed by atoms with Gasteiger partial charge in [-0.25, -0.2) is 4.79 Å². The summed E-state index contributed by atoms with van der Waals surface area (Å²) in [5, 5.41) is 10.7. The third-order valence-electron chi connectivity index (χ3n) is 5.65. The number of aliphatic hydroxyl groups is 1. The van der Waals surface area contributed by atoms with Crippen LogP contribution in [0, 0.1) is 0 Å². The Hall–Kier alpha value is -1.26. The van der Waals surface area contributed by atoms with Crippen LogP contribution in [0.25, 0.3) is 0 Å². The summed E-state index contributed by atoms with van der Waals surface area (Å²) < 4.78 is 20.2. The largest absolute Gasteiger partial charge is 0.391 e. The third-order valence-corrected chi connectivity index (χ3v) is 10.8. The normalized spacial score (nSPS) is 33.7. The SMILES string of the molecule is CC(C)(C)[Si]1(C(C)(C)C)OC[C@H]2O[C@](C)(n3ccc(=O)[nH]c3=O)[C@H](O)[C@@H]2O1. The number of aromatic amines is 1. The fourth-order valence-electron chi connectivity index (χ4n) is 4.52. The average Bonchev–Trinajstić information content (AvgIpc) is 2.76. The Balaban J connectivity index is 2.02. The van der Waals surface area contributed by atoms with E-state index in [9.17, 15) is 14.7 Å². The molecular formula is C18H30N2O6Si. The molecule has 0 aromatic carbocycles. The molecule has 2 saturated heterocycles. The van der Waals surface area contributed by atoms with Gasteiger partial charge in [-0.15, -0.1) is 0 Å². The van der Waals surface area contributed by atoms with Crippen molar-refractivity contribution in [3.05, 3.63) is 33.1 Å². The molecule has 3 rings (SSSR count). The fourth-order valence-corrected chi connectivity index (χ4v) is 9.48. The first-order chi connectivity index (χ1) is 12.2. The number of hydrogen-bond donors (Lipinski definition) is 2. The monoisotopic (exact) mass is 398 g/mol. The van der Waals surface area contributed by atoms with Gasteiger partial charge in [0, 0.05) is 22.3 Å². The number of ether oxygens (including phenoxy) is 1. The zero-order chi connectivity index (χ0) is 20.4. The summed E-state index contributed by atoms with van der Waals surface area (Å²) >= 11 is 0. The van der Waals surface area contributed by atoms with Gasteiger partial charge in [0.05, 0.1) is 6.61 Å². The van der Waals surface area contributed by atoms with Crippen molar-refractivity contribution < 1.29 is 18.7 Å². The van der Waals surface area contributed by atoms with Gasteiger partial charge in [0.2, 0.25) is 0 Å². The second-order valence-corrected chi connectivity index (χ2v) is 14.4. The zero-order valence-corrected chi connectivity index (χ0v) is 18.0. The standard InChI is InChI=1S/C18H30N2O6Si/c1-16(2,3)27(17(4,5)6)24-10-11-13(26-27)14(22)18(7,25-11)20-9-8-12(21)19-15(20)23/h8-9,11,13-14,22H,10H2,1-7H3,(H,19,21,23)/t11-,13-,14-,18+/m1/s1. The van der Waals surface area contributed by atoms with Gasteiger partial charge in [-0.1, -0.05) is 41.5 Å². The summed E-state index contributed by atoms with van der Waals surface area (Å²) in [6, 6.07) is 1.23. The van der Waals surface area contributed by atoms with Crippen molar-refractivity contribution in [1.29, 1.82) is 0 Å². The molecule has 2 N–H and O–H groups in total. The molecule has 2 fully saturated rings. The van der Waals surface area contributed by atoms with E-state index >= 15 is 0 Å². The van der Waals surface area contributed by atoms with Crippen LogP contribution in [0.1, 0.15) is 48.5 Å². The van der Waals surface area contributed by atoms with Crippen molar-refractivity contribution in [1.82, 2.24) is 9.55 Å². The van der Waals surface area contributed by atoms with E-state index < -0.39 is 43.8 Å². The maximum atomic E-state index is 12.3. The molecular weight excluding hydrogens is 368 g/mol. The highest BCUT2D eigenvalue weighted by Gasteiger charge is 2.66. The van der Waals surface area contributed by atoms with Gasteiger partial charge < -0.3 is 18.7 Å². The molecule has 2 aliphatic rings. The van der Waals surface area contributed by atoms with Gasteiger partial charge >= 0.3 is 14.3 Å². The van der Waals surface area contributed by atoms with Gasteiger partial charge in [0.25, 0.3) is 5.56 Å². The van der Waals surface area contributed by atoms with E-state index in [1.807, 2.05) is 0 Å². The van der Waals surface area contributed by atoms with Gasteiger partial charge in [-0.2, -0.15) is 0 Å². The summed E-state index contributed by atoms with van der Waals surface area (Å²) in [5.74, 6) is 0. The van der Waals surface area contributed by atoms with E-state index in [4.69, 9.17) is 13.6 Å². The van der Waals surface area contributed by atoms with Crippen molar-refractivity contribution in [3.63, 3.8) is 0 Å². The molecule has 0 radical (unpaired) electrons. The number of rotatable bonds is 1. The molecule has 1 aromatic heterocycles. The Morgan fingerprint density at radius 3 is 2.33 bits per heavy atom. The molecule has 0 amide bonds. The molecule has 0 spiro atoms. The topological polar surface area (TPSA) is 103 Å². The lowest BCUT2D eigenvalue weighted by Gasteiger charge is -2.53. The van der Waals surface area contributed by atoms with Crippen molar-refractivity contribution in [2.45, 2.75) is 82.6 Å². The van der Waals surface area contributed by atoms with Crippen LogP contribution in [0.3, 0.4) is 0 Å². The van der Waals surface area contributed by atoms with Crippen LogP contribution in [-0.4, -0.2) is 48.1 Å². The van der Waals surface area contributed by atoms with Crippen molar-refractivity contribution >= 4 is 8.56 Å². The van der Waals surface area contributed by atoms with Crippen molar-refractivity contribution in [3.8, 4) is 0 Å². The summed E-state index contributed by atoms with van der Waals surface area (Å²) in [5.41, 5.74) is -2.50. The zero-order valence-electron chi connectivity index (χ0n) is 17.0. The first kappa shape index (κ1) is 20.5. The van der Waals surface area contributed by atoms with E-state index in [0.29, 0.717) is 0 Å². The minimum atomic E-state index is -2.78. The molecule has 8 nitrogen and oxygen atoms in total. The van der Waals surface area contributed by atoms with Crippen LogP contribution in [-0.2, 0) is 19.3 Å². The molecule has 0 saturated carbocycles. The number of nitrogens with one attached hydrogen (secondary N) is 1. The summed E-state index contributed by atoms with van der Waals surface area (Å²) in [6.45, 7) is 14.5. The first-order valence-corrected chi connectivity index (χ1v) is 11.0. The van der Waals surface area contributed by atoms with E-state index in [-0.39, 0.29) is 16.7 Å². The van der Waals surface area contributed by atoms with Crippen LogP contribution in [0.2, 0.25) is 10.1 Å². The molecule has 2 aliphatic heterocycles. The van der Waals surface area contributed by atoms with E-state index in [1.165, 1.54) is 16.8 Å². The van der Waals surface area contributed by atoms with Gasteiger partial charge in [-0.05, 0) is 6.92 Å². The maximum absolute atomic E-state index is 12.3. The molecule has 9 heteroatoms. The number of hydrogen-bond acceptors (Lipinski definition) is 6.